The number of aromatic nitrogens is 2. The summed E-state index contributed by atoms with van der Waals surface area (Å²) in [5.74, 6) is 0.470. The van der Waals surface area contributed by atoms with Crippen LogP contribution in [-0.4, -0.2) is 23.1 Å². The molecule has 2 heterocycles. The fourth-order valence-electron chi connectivity index (χ4n) is 2.19. The number of nitrogens with zero attached hydrogens (tertiary/aromatic N) is 3. The molecule has 1 aliphatic rings. The zero-order valence-electron chi connectivity index (χ0n) is 10.9. The van der Waals surface area contributed by atoms with Gasteiger partial charge in [0.1, 0.15) is 6.61 Å². The summed E-state index contributed by atoms with van der Waals surface area (Å²) in [5.41, 5.74) is -0.904. The number of hydrogen-bond donors (Lipinski definition) is 0. The van der Waals surface area contributed by atoms with Gasteiger partial charge in [-0.05, 0) is 29.8 Å². The second kappa shape index (κ2) is 5.48. The van der Waals surface area contributed by atoms with Crippen molar-refractivity contribution in [2.75, 3.05) is 18.1 Å². The zero-order valence-corrected chi connectivity index (χ0v) is 12.4. The van der Waals surface area contributed by atoms with E-state index >= 15 is 0 Å². The molecular formula is C13H8Cl2F3N3O. The van der Waals surface area contributed by atoms with Gasteiger partial charge in [0.2, 0.25) is 5.28 Å². The van der Waals surface area contributed by atoms with E-state index in [1.54, 1.807) is 0 Å². The molecule has 9 heteroatoms. The maximum Gasteiger partial charge on any atom is 0.418 e. The van der Waals surface area contributed by atoms with Crippen molar-refractivity contribution in [1.82, 2.24) is 9.97 Å². The molecule has 0 N–H and O–H groups in total. The predicted octanol–water partition coefficient (Wildman–Crippen LogP) is 4.33. The number of ether oxygens (including phenoxy) is 1. The molecule has 0 unspecified atom stereocenters. The Kier molecular flexibility index (Phi) is 3.78. The summed E-state index contributed by atoms with van der Waals surface area (Å²) < 4.78 is 45.1. The molecule has 1 aromatic heterocycles. The maximum absolute atomic E-state index is 13.3. The predicted molar refractivity (Wildman–Crippen MR) is 76.0 cm³/mol. The SMILES string of the molecule is FC(F)(F)c1cc(Cl)ccc1N1CCOc2cnc(Cl)nc21. The van der Waals surface area contributed by atoms with Gasteiger partial charge in [-0.3, -0.25) is 0 Å². The standard InChI is InChI=1S/C13H8Cl2F3N3O/c14-7-1-2-9(8(5-7)13(16,17)18)21-3-4-22-10-6-19-12(15)20-11(10)21/h1-2,5-6H,3-4H2. The van der Waals surface area contributed by atoms with Crippen molar-refractivity contribution >= 4 is 34.7 Å². The van der Waals surface area contributed by atoms with Crippen molar-refractivity contribution in [3.63, 3.8) is 0 Å². The first-order valence-electron chi connectivity index (χ1n) is 6.16. The van der Waals surface area contributed by atoms with Gasteiger partial charge in [-0.15, -0.1) is 0 Å². The van der Waals surface area contributed by atoms with E-state index in [-0.39, 0.29) is 40.7 Å². The Balaban J connectivity index is 2.16. The van der Waals surface area contributed by atoms with E-state index in [9.17, 15) is 13.2 Å². The number of fused-ring (bicyclic) bond motifs is 1. The van der Waals surface area contributed by atoms with Crippen LogP contribution in [0.4, 0.5) is 24.7 Å². The molecule has 4 nitrogen and oxygen atoms in total. The Labute approximate surface area is 133 Å². The number of alkyl halides is 3. The summed E-state index contributed by atoms with van der Waals surface area (Å²) in [6.07, 6.45) is -3.21. The monoisotopic (exact) mass is 349 g/mol. The van der Waals surface area contributed by atoms with E-state index in [1.807, 2.05) is 0 Å². The van der Waals surface area contributed by atoms with Gasteiger partial charge in [-0.2, -0.15) is 18.2 Å². The van der Waals surface area contributed by atoms with E-state index in [2.05, 4.69) is 9.97 Å². The molecule has 0 spiro atoms. The number of halogens is 5. The topological polar surface area (TPSA) is 38.2 Å². The Morgan fingerprint density at radius 2 is 2.00 bits per heavy atom. The molecule has 22 heavy (non-hydrogen) atoms. The fraction of sp³-hybridized carbons (Fsp3) is 0.231. The third-order valence-corrected chi connectivity index (χ3v) is 3.51. The lowest BCUT2D eigenvalue weighted by Gasteiger charge is -2.31. The van der Waals surface area contributed by atoms with Crippen molar-refractivity contribution < 1.29 is 17.9 Å². The van der Waals surface area contributed by atoms with Crippen LogP contribution in [0.5, 0.6) is 5.75 Å². The van der Waals surface area contributed by atoms with Crippen LogP contribution in [0.1, 0.15) is 5.56 Å². The molecule has 0 atom stereocenters. The highest BCUT2D eigenvalue weighted by Crippen LogP contribution is 2.43. The van der Waals surface area contributed by atoms with Crippen LogP contribution < -0.4 is 9.64 Å². The minimum absolute atomic E-state index is 0.00489. The first-order chi connectivity index (χ1) is 10.4. The lowest BCUT2D eigenvalue weighted by Crippen LogP contribution is -2.31. The average molecular weight is 350 g/mol. The molecule has 0 bridgehead atoms. The average Bonchev–Trinajstić information content (AvgIpc) is 2.46. The summed E-state index contributed by atoms with van der Waals surface area (Å²) in [5, 5.41) is -0.0675. The van der Waals surface area contributed by atoms with Crippen LogP contribution in [0.2, 0.25) is 10.3 Å². The maximum atomic E-state index is 13.3. The molecule has 1 aromatic carbocycles. The zero-order chi connectivity index (χ0) is 15.9. The van der Waals surface area contributed by atoms with Crippen molar-refractivity contribution in [1.29, 1.82) is 0 Å². The summed E-state index contributed by atoms with van der Waals surface area (Å²) in [4.78, 5) is 9.13. The molecule has 116 valence electrons. The summed E-state index contributed by atoms with van der Waals surface area (Å²) in [7, 11) is 0. The van der Waals surface area contributed by atoms with Crippen molar-refractivity contribution in [2.45, 2.75) is 6.18 Å². The van der Waals surface area contributed by atoms with Gasteiger partial charge in [0.15, 0.2) is 11.6 Å². The van der Waals surface area contributed by atoms with E-state index < -0.39 is 11.7 Å². The highest BCUT2D eigenvalue weighted by Gasteiger charge is 2.37. The van der Waals surface area contributed by atoms with Crippen LogP contribution in [0, 0.1) is 0 Å². The minimum Gasteiger partial charge on any atom is -0.486 e. The Hall–Kier alpha value is -1.73. The van der Waals surface area contributed by atoms with Gasteiger partial charge in [0.25, 0.3) is 0 Å². The summed E-state index contributed by atoms with van der Waals surface area (Å²) in [6, 6.07) is 3.58. The quantitative estimate of drug-likeness (QED) is 0.718. The third kappa shape index (κ3) is 2.78. The van der Waals surface area contributed by atoms with Gasteiger partial charge < -0.3 is 9.64 Å². The molecule has 1 aliphatic heterocycles. The number of anilines is 2. The molecule has 3 rings (SSSR count). The second-order valence-electron chi connectivity index (χ2n) is 4.49. The van der Waals surface area contributed by atoms with E-state index in [1.165, 1.54) is 23.2 Å². The largest absolute Gasteiger partial charge is 0.486 e. The normalized spacial score (nSPS) is 14.5. The van der Waals surface area contributed by atoms with Crippen LogP contribution in [0.3, 0.4) is 0 Å². The summed E-state index contributed by atoms with van der Waals surface area (Å²) >= 11 is 11.4. The highest BCUT2D eigenvalue weighted by molar-refractivity contribution is 6.30. The fourth-order valence-corrected chi connectivity index (χ4v) is 2.50. The van der Waals surface area contributed by atoms with Crippen LogP contribution >= 0.6 is 23.2 Å². The Morgan fingerprint density at radius 1 is 1.23 bits per heavy atom. The number of hydrogen-bond acceptors (Lipinski definition) is 4. The van der Waals surface area contributed by atoms with Gasteiger partial charge in [-0.1, -0.05) is 11.6 Å². The van der Waals surface area contributed by atoms with Gasteiger partial charge >= 0.3 is 6.18 Å². The van der Waals surface area contributed by atoms with Gasteiger partial charge in [-0.25, -0.2) is 4.98 Å². The van der Waals surface area contributed by atoms with E-state index in [0.29, 0.717) is 0 Å². The van der Waals surface area contributed by atoms with Gasteiger partial charge in [0, 0.05) is 5.02 Å². The molecule has 0 saturated carbocycles. The molecule has 0 radical (unpaired) electrons. The van der Waals surface area contributed by atoms with Crippen LogP contribution in [0.15, 0.2) is 24.4 Å². The van der Waals surface area contributed by atoms with E-state index in [4.69, 9.17) is 27.9 Å². The van der Waals surface area contributed by atoms with Crippen LogP contribution in [-0.2, 0) is 6.18 Å². The Bertz CT molecular complexity index is 724. The molecule has 2 aromatic rings. The summed E-state index contributed by atoms with van der Waals surface area (Å²) in [6.45, 7) is 0.406. The number of rotatable bonds is 1. The van der Waals surface area contributed by atoms with Crippen molar-refractivity contribution in [3.05, 3.63) is 40.3 Å². The molecular weight excluding hydrogens is 342 g/mol. The molecule has 0 fully saturated rings. The van der Waals surface area contributed by atoms with Crippen molar-refractivity contribution in [3.8, 4) is 5.75 Å². The van der Waals surface area contributed by atoms with Crippen LogP contribution in [0.25, 0.3) is 0 Å². The van der Waals surface area contributed by atoms with Crippen molar-refractivity contribution in [2.24, 2.45) is 0 Å². The first kappa shape index (κ1) is 15.2. The molecule has 0 saturated heterocycles. The first-order valence-corrected chi connectivity index (χ1v) is 6.91. The lowest BCUT2D eigenvalue weighted by molar-refractivity contribution is -0.137. The Morgan fingerprint density at radius 3 is 2.73 bits per heavy atom. The van der Waals surface area contributed by atoms with E-state index in [0.717, 1.165) is 6.07 Å². The second-order valence-corrected chi connectivity index (χ2v) is 5.26. The molecule has 0 amide bonds. The smallest absolute Gasteiger partial charge is 0.418 e. The number of benzene rings is 1. The minimum atomic E-state index is -4.55. The van der Waals surface area contributed by atoms with Gasteiger partial charge in [0.05, 0.1) is 24.0 Å². The third-order valence-electron chi connectivity index (χ3n) is 3.09. The highest BCUT2D eigenvalue weighted by atomic mass is 35.5. The lowest BCUT2D eigenvalue weighted by atomic mass is 10.1. The molecule has 0 aliphatic carbocycles.